The minimum absolute atomic E-state index is 0.203. The maximum Gasteiger partial charge on any atom is 0.335 e. The summed E-state index contributed by atoms with van der Waals surface area (Å²) >= 11 is 6.66. The van der Waals surface area contributed by atoms with Gasteiger partial charge in [0.1, 0.15) is 5.69 Å². The summed E-state index contributed by atoms with van der Waals surface area (Å²) in [6.45, 7) is 3.60. The highest BCUT2D eigenvalue weighted by Gasteiger charge is 2.15. The molecule has 0 saturated heterocycles. The van der Waals surface area contributed by atoms with E-state index >= 15 is 0 Å². The van der Waals surface area contributed by atoms with Gasteiger partial charge < -0.3 is 4.84 Å². The molecule has 0 saturated carbocycles. The third-order valence-electron chi connectivity index (χ3n) is 3.35. The van der Waals surface area contributed by atoms with Crippen molar-refractivity contribution in [1.82, 2.24) is 4.73 Å². The topological polar surface area (TPSA) is 31.2 Å². The van der Waals surface area contributed by atoms with Crippen molar-refractivity contribution in [2.45, 2.75) is 13.8 Å². The first-order valence-corrected chi connectivity index (χ1v) is 8.27. The van der Waals surface area contributed by atoms with Gasteiger partial charge in [-0.05, 0) is 29.1 Å². The van der Waals surface area contributed by atoms with Gasteiger partial charge in [0.15, 0.2) is 3.95 Å². The summed E-state index contributed by atoms with van der Waals surface area (Å²) in [7, 11) is 0. The maximum atomic E-state index is 11.9. The molecule has 0 unspecified atom stereocenters. The number of thiazole rings is 1. The molecule has 0 amide bonds. The summed E-state index contributed by atoms with van der Waals surface area (Å²) in [6, 6.07) is 14.3. The van der Waals surface area contributed by atoms with E-state index in [1.165, 1.54) is 21.5 Å². The molecule has 3 nitrogen and oxygen atoms in total. The zero-order chi connectivity index (χ0) is 15.7. The highest BCUT2D eigenvalue weighted by molar-refractivity contribution is 7.73. The molecule has 0 N–H and O–H groups in total. The lowest BCUT2D eigenvalue weighted by Gasteiger charge is -2.11. The normalized spacial score (nSPS) is 11.0. The summed E-state index contributed by atoms with van der Waals surface area (Å²) in [6.07, 6.45) is 0. The van der Waals surface area contributed by atoms with Crippen LogP contribution in [-0.4, -0.2) is 10.7 Å². The van der Waals surface area contributed by atoms with E-state index in [9.17, 15) is 4.79 Å². The van der Waals surface area contributed by atoms with Crippen LogP contribution in [0.1, 0.15) is 13.8 Å². The van der Waals surface area contributed by atoms with Crippen molar-refractivity contribution >= 4 is 40.3 Å². The number of rotatable bonds is 3. The van der Waals surface area contributed by atoms with Crippen LogP contribution in [0.5, 0.6) is 0 Å². The molecule has 0 fully saturated rings. The molecule has 2 aromatic carbocycles. The fourth-order valence-corrected chi connectivity index (χ4v) is 3.07. The van der Waals surface area contributed by atoms with Gasteiger partial charge in [-0.2, -0.15) is 4.73 Å². The number of hydrogen-bond acceptors (Lipinski definition) is 4. The van der Waals surface area contributed by atoms with Gasteiger partial charge in [-0.15, -0.1) is 11.3 Å². The smallest absolute Gasteiger partial charge is 0.334 e. The van der Waals surface area contributed by atoms with Crippen molar-refractivity contribution in [1.29, 1.82) is 0 Å². The number of hydrogen-bond donors (Lipinski definition) is 0. The second kappa shape index (κ2) is 6.02. The van der Waals surface area contributed by atoms with Crippen LogP contribution in [0.3, 0.4) is 0 Å². The lowest BCUT2D eigenvalue weighted by molar-refractivity contribution is -0.147. The predicted octanol–water partition coefficient (Wildman–Crippen LogP) is 4.71. The zero-order valence-electron chi connectivity index (χ0n) is 12.3. The Morgan fingerprint density at radius 2 is 1.91 bits per heavy atom. The molecule has 0 radical (unpaired) electrons. The summed E-state index contributed by atoms with van der Waals surface area (Å²) in [5.74, 6) is -0.497. The van der Waals surface area contributed by atoms with Crippen LogP contribution in [0.15, 0.2) is 47.8 Å². The van der Waals surface area contributed by atoms with Gasteiger partial charge in [0.2, 0.25) is 0 Å². The lowest BCUT2D eigenvalue weighted by Crippen LogP contribution is -2.24. The lowest BCUT2D eigenvalue weighted by atomic mass is 10.1. The molecule has 0 atom stereocenters. The van der Waals surface area contributed by atoms with E-state index in [1.807, 2.05) is 23.6 Å². The van der Waals surface area contributed by atoms with Crippen LogP contribution >= 0.6 is 23.6 Å². The average Bonchev–Trinajstić information content (AvgIpc) is 2.88. The van der Waals surface area contributed by atoms with Crippen molar-refractivity contribution in [3.8, 4) is 11.3 Å². The van der Waals surface area contributed by atoms with E-state index in [1.54, 1.807) is 13.8 Å². The largest absolute Gasteiger partial charge is 0.335 e. The van der Waals surface area contributed by atoms with Gasteiger partial charge in [-0.25, -0.2) is 4.79 Å². The fourth-order valence-electron chi connectivity index (χ4n) is 2.12. The van der Waals surface area contributed by atoms with Gasteiger partial charge in [-0.3, -0.25) is 0 Å². The van der Waals surface area contributed by atoms with E-state index in [0.717, 1.165) is 16.6 Å². The first kappa shape index (κ1) is 14.9. The van der Waals surface area contributed by atoms with Crippen molar-refractivity contribution in [2.24, 2.45) is 5.92 Å². The van der Waals surface area contributed by atoms with Crippen molar-refractivity contribution in [3.05, 3.63) is 51.8 Å². The van der Waals surface area contributed by atoms with E-state index < -0.39 is 0 Å². The Labute approximate surface area is 137 Å². The van der Waals surface area contributed by atoms with E-state index in [-0.39, 0.29) is 11.9 Å². The summed E-state index contributed by atoms with van der Waals surface area (Å²) in [5, 5.41) is 4.23. The number of carbonyl (C=O) groups is 1. The van der Waals surface area contributed by atoms with E-state index in [2.05, 4.69) is 24.3 Å². The maximum absolute atomic E-state index is 11.9. The number of benzene rings is 2. The molecule has 0 spiro atoms. The van der Waals surface area contributed by atoms with E-state index in [0.29, 0.717) is 3.95 Å². The Morgan fingerprint density at radius 1 is 1.18 bits per heavy atom. The third kappa shape index (κ3) is 2.82. The minimum Gasteiger partial charge on any atom is -0.334 e. The molecule has 0 aliphatic heterocycles. The molecule has 1 aromatic heterocycles. The first-order chi connectivity index (χ1) is 10.6. The van der Waals surface area contributed by atoms with Gasteiger partial charge in [0.05, 0.1) is 5.92 Å². The van der Waals surface area contributed by atoms with Crippen LogP contribution in [0, 0.1) is 9.87 Å². The zero-order valence-corrected chi connectivity index (χ0v) is 13.9. The standard InChI is InChI=1S/C17H15NO2S2/c1-11(2)16(19)20-18-15(10-22-17(18)21)14-8-7-12-5-3-4-6-13(12)9-14/h3-11H,1-2H3. The van der Waals surface area contributed by atoms with Crippen molar-refractivity contribution in [2.75, 3.05) is 0 Å². The summed E-state index contributed by atoms with van der Waals surface area (Å²) in [5.41, 5.74) is 1.78. The average molecular weight is 329 g/mol. The minimum atomic E-state index is -0.295. The van der Waals surface area contributed by atoms with Crippen LogP contribution in [0.4, 0.5) is 0 Å². The van der Waals surface area contributed by atoms with E-state index in [4.69, 9.17) is 17.1 Å². The number of fused-ring (bicyclic) bond motifs is 1. The molecule has 0 aliphatic carbocycles. The monoisotopic (exact) mass is 329 g/mol. The molecular formula is C17H15NO2S2. The Kier molecular flexibility index (Phi) is 4.09. The van der Waals surface area contributed by atoms with Gasteiger partial charge >= 0.3 is 5.97 Å². The van der Waals surface area contributed by atoms with Crippen molar-refractivity contribution in [3.63, 3.8) is 0 Å². The van der Waals surface area contributed by atoms with Crippen LogP contribution < -0.4 is 4.84 Å². The summed E-state index contributed by atoms with van der Waals surface area (Å²) in [4.78, 5) is 17.3. The SMILES string of the molecule is CC(C)C(=O)On1c(-c2ccc3ccccc3c2)csc1=S. The Bertz CT molecular complexity index is 893. The number of nitrogens with zero attached hydrogens (tertiary/aromatic N) is 1. The molecule has 0 aliphatic rings. The molecule has 22 heavy (non-hydrogen) atoms. The van der Waals surface area contributed by atoms with Crippen molar-refractivity contribution < 1.29 is 9.63 Å². The highest BCUT2D eigenvalue weighted by atomic mass is 32.1. The van der Waals surface area contributed by atoms with Crippen LogP contribution in [-0.2, 0) is 4.79 Å². The molecule has 112 valence electrons. The second-order valence-corrected chi connectivity index (χ2v) is 6.81. The van der Waals surface area contributed by atoms with Crippen LogP contribution in [0.25, 0.3) is 22.0 Å². The molecule has 1 heterocycles. The number of aromatic nitrogens is 1. The second-order valence-electron chi connectivity index (χ2n) is 5.31. The number of carbonyl (C=O) groups excluding carboxylic acids is 1. The van der Waals surface area contributed by atoms with Crippen LogP contribution in [0.2, 0.25) is 0 Å². The molecule has 3 rings (SSSR count). The Morgan fingerprint density at radius 3 is 2.64 bits per heavy atom. The Balaban J connectivity index is 2.07. The summed E-state index contributed by atoms with van der Waals surface area (Å²) < 4.78 is 1.98. The molecule has 0 bridgehead atoms. The predicted molar refractivity (Wildman–Crippen MR) is 92.5 cm³/mol. The first-order valence-electron chi connectivity index (χ1n) is 6.98. The fraction of sp³-hybridized carbons (Fsp3) is 0.176. The highest BCUT2D eigenvalue weighted by Crippen LogP contribution is 2.27. The van der Waals surface area contributed by atoms with Gasteiger partial charge in [0, 0.05) is 10.9 Å². The van der Waals surface area contributed by atoms with Gasteiger partial charge in [0.25, 0.3) is 0 Å². The molecular weight excluding hydrogens is 314 g/mol. The Hall–Kier alpha value is -1.98. The molecule has 5 heteroatoms. The molecule has 3 aromatic rings. The third-order valence-corrected chi connectivity index (χ3v) is 4.52. The van der Waals surface area contributed by atoms with Gasteiger partial charge in [-0.1, -0.05) is 50.2 Å². The quantitative estimate of drug-likeness (QED) is 0.652.